The van der Waals surface area contributed by atoms with Gasteiger partial charge < -0.3 is 19.3 Å². The zero-order valence-electron chi connectivity index (χ0n) is 16.4. The quantitative estimate of drug-likeness (QED) is 0.752. The molecule has 0 saturated carbocycles. The van der Waals surface area contributed by atoms with Gasteiger partial charge in [0.05, 0.1) is 4.90 Å². The maximum atomic E-state index is 12.8. The number of benzene rings is 2. The van der Waals surface area contributed by atoms with Crippen molar-refractivity contribution in [3.8, 4) is 11.5 Å². The van der Waals surface area contributed by atoms with Crippen LogP contribution in [0.4, 0.5) is 5.69 Å². The fourth-order valence-corrected chi connectivity index (χ4v) is 4.32. The van der Waals surface area contributed by atoms with E-state index in [4.69, 9.17) is 9.47 Å². The van der Waals surface area contributed by atoms with E-state index in [-0.39, 0.29) is 17.6 Å². The molecule has 0 N–H and O–H groups in total. The van der Waals surface area contributed by atoms with Crippen LogP contribution in [0, 0.1) is 0 Å². The first-order valence-corrected chi connectivity index (χ1v) is 10.8. The van der Waals surface area contributed by atoms with Crippen molar-refractivity contribution in [2.24, 2.45) is 0 Å². The van der Waals surface area contributed by atoms with E-state index >= 15 is 0 Å². The Bertz CT molecular complexity index is 1010. The maximum Gasteiger partial charge on any atom is 0.254 e. The van der Waals surface area contributed by atoms with Crippen LogP contribution in [0.15, 0.2) is 47.4 Å². The lowest BCUT2D eigenvalue weighted by Gasteiger charge is -2.36. The third-order valence-electron chi connectivity index (χ3n) is 5.17. The lowest BCUT2D eigenvalue weighted by Crippen LogP contribution is -2.48. The minimum atomic E-state index is -3.44. The van der Waals surface area contributed by atoms with E-state index in [1.54, 1.807) is 30.3 Å². The first-order chi connectivity index (χ1) is 13.9. The summed E-state index contributed by atoms with van der Waals surface area (Å²) in [6.45, 7) is 2.71. The smallest absolute Gasteiger partial charge is 0.254 e. The number of nitrogens with zero attached hydrogens (tertiary/aromatic N) is 3. The normalized spacial score (nSPS) is 16.4. The molecule has 2 aromatic rings. The molecule has 2 aliphatic rings. The molecule has 1 saturated heterocycles. The number of hydrogen-bond donors (Lipinski definition) is 0. The van der Waals surface area contributed by atoms with E-state index in [2.05, 4.69) is 4.90 Å². The van der Waals surface area contributed by atoms with Crippen molar-refractivity contribution < 1.29 is 22.7 Å². The highest BCUT2D eigenvalue weighted by molar-refractivity contribution is 7.89. The molecule has 1 fully saturated rings. The van der Waals surface area contributed by atoms with Gasteiger partial charge in [0.25, 0.3) is 5.91 Å². The molecule has 8 nitrogen and oxygen atoms in total. The molecule has 154 valence electrons. The van der Waals surface area contributed by atoms with Crippen molar-refractivity contribution in [1.82, 2.24) is 9.21 Å². The lowest BCUT2D eigenvalue weighted by molar-refractivity contribution is 0.0746. The van der Waals surface area contributed by atoms with E-state index in [1.807, 2.05) is 17.0 Å². The highest BCUT2D eigenvalue weighted by Crippen LogP contribution is 2.33. The Morgan fingerprint density at radius 1 is 0.931 bits per heavy atom. The molecule has 29 heavy (non-hydrogen) atoms. The van der Waals surface area contributed by atoms with Crippen LogP contribution in [0.1, 0.15) is 10.4 Å². The van der Waals surface area contributed by atoms with Crippen LogP contribution >= 0.6 is 0 Å². The Morgan fingerprint density at radius 2 is 1.59 bits per heavy atom. The monoisotopic (exact) mass is 417 g/mol. The molecule has 0 atom stereocenters. The Kier molecular flexibility index (Phi) is 5.10. The van der Waals surface area contributed by atoms with Crippen LogP contribution in [0.25, 0.3) is 0 Å². The number of piperazine rings is 1. The third-order valence-corrected chi connectivity index (χ3v) is 7.00. The molecule has 2 heterocycles. The number of carbonyl (C=O) groups excluding carboxylic acids is 1. The summed E-state index contributed by atoms with van der Waals surface area (Å²) in [6, 6.07) is 12.1. The molecule has 0 bridgehead atoms. The summed E-state index contributed by atoms with van der Waals surface area (Å²) in [6.07, 6.45) is 0. The number of amides is 1. The summed E-state index contributed by atoms with van der Waals surface area (Å²) in [5.41, 5.74) is 1.53. The summed E-state index contributed by atoms with van der Waals surface area (Å²) in [5.74, 6) is 1.23. The van der Waals surface area contributed by atoms with E-state index in [0.717, 1.165) is 5.69 Å². The first kappa shape index (κ1) is 19.5. The van der Waals surface area contributed by atoms with E-state index in [1.165, 1.54) is 18.4 Å². The molecular weight excluding hydrogens is 394 g/mol. The molecule has 0 spiro atoms. The van der Waals surface area contributed by atoms with E-state index in [0.29, 0.717) is 43.2 Å². The Balaban J connectivity index is 1.40. The number of anilines is 1. The van der Waals surface area contributed by atoms with Gasteiger partial charge in [-0.2, -0.15) is 0 Å². The number of ether oxygens (including phenoxy) is 2. The van der Waals surface area contributed by atoms with Crippen LogP contribution in [-0.2, 0) is 10.0 Å². The second-order valence-electron chi connectivity index (χ2n) is 7.13. The SMILES string of the molecule is CN(C)S(=O)(=O)c1ccc(N2CCN(C(=O)c3ccc4c(c3)OCO4)CC2)cc1. The molecule has 2 aliphatic heterocycles. The third kappa shape index (κ3) is 3.75. The van der Waals surface area contributed by atoms with Gasteiger partial charge in [0, 0.05) is 51.5 Å². The molecular formula is C20H23N3O5S. The summed E-state index contributed by atoms with van der Waals surface area (Å²) in [4.78, 5) is 17.0. The summed E-state index contributed by atoms with van der Waals surface area (Å²) in [7, 11) is -0.410. The van der Waals surface area contributed by atoms with Crippen LogP contribution in [0.5, 0.6) is 11.5 Å². The zero-order chi connectivity index (χ0) is 20.6. The van der Waals surface area contributed by atoms with Gasteiger partial charge in [-0.1, -0.05) is 0 Å². The van der Waals surface area contributed by atoms with Crippen LogP contribution in [-0.4, -0.2) is 70.6 Å². The summed E-state index contributed by atoms with van der Waals surface area (Å²) in [5, 5.41) is 0. The van der Waals surface area contributed by atoms with Crippen LogP contribution in [0.3, 0.4) is 0 Å². The number of hydrogen-bond acceptors (Lipinski definition) is 6. The molecule has 1 amide bonds. The predicted molar refractivity (Wildman–Crippen MR) is 108 cm³/mol. The van der Waals surface area contributed by atoms with Crippen LogP contribution in [0.2, 0.25) is 0 Å². The van der Waals surface area contributed by atoms with Gasteiger partial charge >= 0.3 is 0 Å². The molecule has 4 rings (SSSR count). The van der Waals surface area contributed by atoms with Crippen molar-refractivity contribution in [3.63, 3.8) is 0 Å². The Morgan fingerprint density at radius 3 is 2.24 bits per heavy atom. The zero-order valence-corrected chi connectivity index (χ0v) is 17.2. The van der Waals surface area contributed by atoms with Crippen molar-refractivity contribution in [3.05, 3.63) is 48.0 Å². The first-order valence-electron chi connectivity index (χ1n) is 9.33. The topological polar surface area (TPSA) is 79.4 Å². The minimum Gasteiger partial charge on any atom is -0.454 e. The van der Waals surface area contributed by atoms with E-state index in [9.17, 15) is 13.2 Å². The fourth-order valence-electron chi connectivity index (χ4n) is 3.42. The second-order valence-corrected chi connectivity index (χ2v) is 9.28. The van der Waals surface area contributed by atoms with Gasteiger partial charge in [-0.05, 0) is 42.5 Å². The molecule has 0 aromatic heterocycles. The largest absolute Gasteiger partial charge is 0.454 e. The van der Waals surface area contributed by atoms with Gasteiger partial charge in [-0.25, -0.2) is 12.7 Å². The number of rotatable bonds is 4. The number of sulfonamides is 1. The molecule has 0 unspecified atom stereocenters. The van der Waals surface area contributed by atoms with Crippen molar-refractivity contribution in [2.45, 2.75) is 4.90 Å². The highest BCUT2D eigenvalue weighted by atomic mass is 32.2. The molecule has 9 heteroatoms. The van der Waals surface area contributed by atoms with Crippen molar-refractivity contribution >= 4 is 21.6 Å². The van der Waals surface area contributed by atoms with Gasteiger partial charge in [0.1, 0.15) is 0 Å². The van der Waals surface area contributed by atoms with Gasteiger partial charge in [0.2, 0.25) is 16.8 Å². The second kappa shape index (κ2) is 7.57. The minimum absolute atomic E-state index is 0.0321. The average Bonchev–Trinajstić information content (AvgIpc) is 3.21. The van der Waals surface area contributed by atoms with Gasteiger partial charge in [-0.15, -0.1) is 0 Å². The standard InChI is InChI=1S/C20H23N3O5S/c1-21(2)29(25,26)17-6-4-16(5-7-17)22-9-11-23(12-10-22)20(24)15-3-8-18-19(13-15)28-14-27-18/h3-8,13H,9-12,14H2,1-2H3. The van der Waals surface area contributed by atoms with Crippen molar-refractivity contribution in [1.29, 1.82) is 0 Å². The van der Waals surface area contributed by atoms with E-state index < -0.39 is 10.0 Å². The predicted octanol–water partition coefficient (Wildman–Crippen LogP) is 1.63. The summed E-state index contributed by atoms with van der Waals surface area (Å²) < 4.78 is 36.2. The Hall–Kier alpha value is -2.78. The molecule has 2 aromatic carbocycles. The maximum absolute atomic E-state index is 12.8. The lowest BCUT2D eigenvalue weighted by atomic mass is 10.1. The Labute approximate surface area is 170 Å². The van der Waals surface area contributed by atoms with Gasteiger partial charge in [0.15, 0.2) is 11.5 Å². The van der Waals surface area contributed by atoms with Gasteiger partial charge in [-0.3, -0.25) is 4.79 Å². The van der Waals surface area contributed by atoms with Crippen molar-refractivity contribution in [2.75, 3.05) is 52.0 Å². The summed E-state index contributed by atoms with van der Waals surface area (Å²) >= 11 is 0. The molecule has 0 radical (unpaired) electrons. The van der Waals surface area contributed by atoms with Crippen LogP contribution < -0.4 is 14.4 Å². The number of carbonyl (C=O) groups is 1. The highest BCUT2D eigenvalue weighted by Gasteiger charge is 2.25. The average molecular weight is 417 g/mol. The number of fused-ring (bicyclic) bond motifs is 1. The fraction of sp³-hybridized carbons (Fsp3) is 0.350. The molecule has 0 aliphatic carbocycles.